The Bertz CT molecular complexity index is 393. The van der Waals surface area contributed by atoms with E-state index in [0.717, 1.165) is 22.9 Å². The van der Waals surface area contributed by atoms with Crippen LogP contribution in [-0.4, -0.2) is 19.3 Å². The molecule has 0 saturated carbocycles. The highest BCUT2D eigenvalue weighted by atomic mass is 79.9. The van der Waals surface area contributed by atoms with E-state index in [1.165, 1.54) is 0 Å². The van der Waals surface area contributed by atoms with Crippen molar-refractivity contribution in [3.05, 3.63) is 22.2 Å². The van der Waals surface area contributed by atoms with Crippen LogP contribution in [0.25, 0.3) is 0 Å². The summed E-state index contributed by atoms with van der Waals surface area (Å²) in [5.74, 6) is 1.82. The van der Waals surface area contributed by atoms with Crippen LogP contribution in [0, 0.1) is 5.92 Å². The first-order valence-corrected chi connectivity index (χ1v) is 6.92. The normalized spacial score (nSPS) is 14.1. The molecule has 1 aromatic rings. The second-order valence-electron chi connectivity index (χ2n) is 4.47. The van der Waals surface area contributed by atoms with Crippen molar-refractivity contribution >= 4 is 15.9 Å². The van der Waals surface area contributed by atoms with E-state index >= 15 is 0 Å². The van der Waals surface area contributed by atoms with Gasteiger partial charge in [-0.1, -0.05) is 20.3 Å². The van der Waals surface area contributed by atoms with Crippen LogP contribution in [-0.2, 0) is 0 Å². The molecule has 1 aromatic carbocycles. The Balaban J connectivity index is 3.05. The first kappa shape index (κ1) is 15.3. The number of hydrogen-bond acceptors (Lipinski definition) is 3. The average molecular weight is 317 g/mol. The van der Waals surface area contributed by atoms with Crippen LogP contribution < -0.4 is 9.47 Å². The molecule has 0 spiro atoms. The van der Waals surface area contributed by atoms with Gasteiger partial charge in [-0.2, -0.15) is 0 Å². The monoisotopic (exact) mass is 316 g/mol. The Kier molecular flexibility index (Phi) is 5.96. The molecule has 2 atom stereocenters. The first-order chi connectivity index (χ1) is 8.54. The summed E-state index contributed by atoms with van der Waals surface area (Å²) in [5.41, 5.74) is 0.797. The highest BCUT2D eigenvalue weighted by Gasteiger charge is 2.19. The molecule has 0 aromatic heterocycles. The second kappa shape index (κ2) is 7.00. The number of ether oxygens (including phenoxy) is 2. The largest absolute Gasteiger partial charge is 0.495 e. The van der Waals surface area contributed by atoms with Gasteiger partial charge in [-0.05, 0) is 40.4 Å². The number of methoxy groups -OCH3 is 2. The van der Waals surface area contributed by atoms with Gasteiger partial charge in [0.15, 0.2) is 0 Å². The molecule has 0 fully saturated rings. The summed E-state index contributed by atoms with van der Waals surface area (Å²) in [6.07, 6.45) is 1.26. The molecule has 1 rings (SSSR count). The summed E-state index contributed by atoms with van der Waals surface area (Å²) in [6, 6.07) is 3.69. The SMILES string of the molecule is CCC(C)CC(O)c1ccc(OC)c(Br)c1OC. The molecule has 2 unspecified atom stereocenters. The van der Waals surface area contributed by atoms with Crippen molar-refractivity contribution in [2.45, 2.75) is 32.8 Å². The number of aliphatic hydroxyl groups excluding tert-OH is 1. The quantitative estimate of drug-likeness (QED) is 0.864. The van der Waals surface area contributed by atoms with Gasteiger partial charge in [0.1, 0.15) is 16.0 Å². The van der Waals surface area contributed by atoms with Gasteiger partial charge in [0.2, 0.25) is 0 Å². The minimum absolute atomic E-state index is 0.477. The fourth-order valence-corrected chi connectivity index (χ4v) is 2.54. The van der Waals surface area contributed by atoms with E-state index in [2.05, 4.69) is 29.8 Å². The van der Waals surface area contributed by atoms with Crippen molar-refractivity contribution in [3.8, 4) is 11.5 Å². The summed E-state index contributed by atoms with van der Waals surface area (Å²) in [7, 11) is 3.20. The summed E-state index contributed by atoms with van der Waals surface area (Å²) in [4.78, 5) is 0. The third-order valence-electron chi connectivity index (χ3n) is 3.20. The van der Waals surface area contributed by atoms with Crippen LogP contribution in [0.2, 0.25) is 0 Å². The molecule has 1 N–H and O–H groups in total. The van der Waals surface area contributed by atoms with Gasteiger partial charge in [0.05, 0.1) is 20.3 Å². The summed E-state index contributed by atoms with van der Waals surface area (Å²) >= 11 is 3.44. The topological polar surface area (TPSA) is 38.7 Å². The van der Waals surface area contributed by atoms with Gasteiger partial charge in [0, 0.05) is 5.56 Å². The van der Waals surface area contributed by atoms with E-state index in [9.17, 15) is 5.11 Å². The van der Waals surface area contributed by atoms with Crippen molar-refractivity contribution < 1.29 is 14.6 Å². The summed E-state index contributed by atoms with van der Waals surface area (Å²) < 4.78 is 11.3. The fraction of sp³-hybridized carbons (Fsp3) is 0.571. The van der Waals surface area contributed by atoms with Crippen molar-refractivity contribution in [1.82, 2.24) is 0 Å². The van der Waals surface area contributed by atoms with Crippen LogP contribution in [0.15, 0.2) is 16.6 Å². The van der Waals surface area contributed by atoms with Crippen molar-refractivity contribution in [3.63, 3.8) is 0 Å². The zero-order chi connectivity index (χ0) is 13.7. The highest BCUT2D eigenvalue weighted by molar-refractivity contribution is 9.10. The molecule has 0 aliphatic rings. The van der Waals surface area contributed by atoms with Crippen LogP contribution in [0.4, 0.5) is 0 Å². The maximum atomic E-state index is 10.3. The molecule has 0 aliphatic carbocycles. The van der Waals surface area contributed by atoms with E-state index in [4.69, 9.17) is 9.47 Å². The maximum Gasteiger partial charge on any atom is 0.142 e. The maximum absolute atomic E-state index is 10.3. The molecular formula is C14H21BrO3. The van der Waals surface area contributed by atoms with Gasteiger partial charge in [-0.15, -0.1) is 0 Å². The lowest BCUT2D eigenvalue weighted by Crippen LogP contribution is -2.06. The third kappa shape index (κ3) is 3.39. The van der Waals surface area contributed by atoms with Crippen LogP contribution >= 0.6 is 15.9 Å². The van der Waals surface area contributed by atoms with Crippen LogP contribution in [0.1, 0.15) is 38.4 Å². The molecule has 4 heteroatoms. The molecule has 0 saturated heterocycles. The molecule has 102 valence electrons. The molecule has 0 amide bonds. The Morgan fingerprint density at radius 3 is 2.44 bits per heavy atom. The molecule has 0 radical (unpaired) electrons. The number of rotatable bonds is 6. The minimum atomic E-state index is -0.517. The predicted molar refractivity (Wildman–Crippen MR) is 76.3 cm³/mol. The van der Waals surface area contributed by atoms with E-state index < -0.39 is 6.10 Å². The third-order valence-corrected chi connectivity index (χ3v) is 3.95. The Morgan fingerprint density at radius 2 is 1.94 bits per heavy atom. The number of halogens is 1. The van der Waals surface area contributed by atoms with E-state index in [1.54, 1.807) is 14.2 Å². The van der Waals surface area contributed by atoms with Crippen LogP contribution in [0.5, 0.6) is 11.5 Å². The lowest BCUT2D eigenvalue weighted by atomic mass is 9.96. The lowest BCUT2D eigenvalue weighted by Gasteiger charge is -2.19. The van der Waals surface area contributed by atoms with E-state index in [1.807, 2.05) is 12.1 Å². The molecule has 0 bridgehead atoms. The summed E-state index contributed by atoms with van der Waals surface area (Å²) in [6.45, 7) is 4.26. The number of hydrogen-bond donors (Lipinski definition) is 1. The van der Waals surface area contributed by atoms with Gasteiger partial charge in [-0.25, -0.2) is 0 Å². The van der Waals surface area contributed by atoms with Gasteiger partial charge >= 0.3 is 0 Å². The second-order valence-corrected chi connectivity index (χ2v) is 5.26. The molecule has 0 aliphatic heterocycles. The molecule has 18 heavy (non-hydrogen) atoms. The van der Waals surface area contributed by atoms with Gasteiger partial charge < -0.3 is 14.6 Å². The number of benzene rings is 1. The number of aliphatic hydroxyl groups is 1. The summed E-state index contributed by atoms with van der Waals surface area (Å²) in [5, 5.41) is 10.3. The average Bonchev–Trinajstić information content (AvgIpc) is 2.37. The van der Waals surface area contributed by atoms with Crippen molar-refractivity contribution in [1.29, 1.82) is 0 Å². The highest BCUT2D eigenvalue weighted by Crippen LogP contribution is 2.41. The molecule has 3 nitrogen and oxygen atoms in total. The van der Waals surface area contributed by atoms with Crippen molar-refractivity contribution in [2.75, 3.05) is 14.2 Å². The Hall–Kier alpha value is -0.740. The first-order valence-electron chi connectivity index (χ1n) is 6.13. The van der Waals surface area contributed by atoms with E-state index in [-0.39, 0.29) is 0 Å². The zero-order valence-corrected chi connectivity index (χ0v) is 13.0. The lowest BCUT2D eigenvalue weighted by molar-refractivity contribution is 0.142. The standard InChI is InChI=1S/C14H21BrO3/c1-5-9(2)8-11(16)10-6-7-12(17-3)13(15)14(10)18-4/h6-7,9,11,16H,5,8H2,1-4H3. The minimum Gasteiger partial charge on any atom is -0.495 e. The Morgan fingerprint density at radius 1 is 1.28 bits per heavy atom. The van der Waals surface area contributed by atoms with Crippen LogP contribution in [0.3, 0.4) is 0 Å². The molecular weight excluding hydrogens is 296 g/mol. The van der Waals surface area contributed by atoms with Gasteiger partial charge in [-0.3, -0.25) is 0 Å². The van der Waals surface area contributed by atoms with Crippen molar-refractivity contribution in [2.24, 2.45) is 5.92 Å². The smallest absolute Gasteiger partial charge is 0.142 e. The fourth-order valence-electron chi connectivity index (χ4n) is 1.86. The zero-order valence-electron chi connectivity index (χ0n) is 11.4. The predicted octanol–water partition coefficient (Wildman–Crippen LogP) is 3.94. The molecule has 0 heterocycles. The Labute approximate surface area is 117 Å². The van der Waals surface area contributed by atoms with E-state index in [0.29, 0.717) is 17.4 Å². The van der Waals surface area contributed by atoms with Gasteiger partial charge in [0.25, 0.3) is 0 Å².